The first-order valence-corrected chi connectivity index (χ1v) is 8.99. The predicted molar refractivity (Wildman–Crippen MR) is 98.3 cm³/mol. The molecule has 4 rings (SSSR count). The number of fused-ring (bicyclic) bond motifs is 1. The normalized spacial score (nSPS) is 24.2. The number of nitrogens with one attached hydrogen (secondary N) is 2. The van der Waals surface area contributed by atoms with Crippen LogP contribution in [0.5, 0.6) is 0 Å². The van der Waals surface area contributed by atoms with Crippen molar-refractivity contribution in [2.75, 3.05) is 24.5 Å². The number of aryl methyl sites for hydroxylation is 1. The van der Waals surface area contributed by atoms with Crippen LogP contribution < -0.4 is 21.2 Å². The van der Waals surface area contributed by atoms with Crippen molar-refractivity contribution in [3.8, 4) is 0 Å². The molecule has 26 heavy (non-hydrogen) atoms. The third-order valence-corrected chi connectivity index (χ3v) is 5.31. The minimum absolute atomic E-state index is 0.231. The standard InChI is InChI=1S/C18H23N5O3/c1-11-10-22(9-8-19-11)12-4-3-5-13-16(12)21(2)18(26)23(13)14-6-7-15(24)20-17(14)25/h3-5,11,14,19H,6-10H2,1-2H3,(H,20,24,25)/t11-,14?/m1/s1. The van der Waals surface area contributed by atoms with Gasteiger partial charge in [-0.3, -0.25) is 24.0 Å². The van der Waals surface area contributed by atoms with Crippen molar-refractivity contribution in [3.05, 3.63) is 28.7 Å². The van der Waals surface area contributed by atoms with Gasteiger partial charge in [-0.05, 0) is 25.5 Å². The molecule has 3 heterocycles. The van der Waals surface area contributed by atoms with Crippen molar-refractivity contribution >= 4 is 28.5 Å². The molecule has 2 fully saturated rings. The second kappa shape index (κ2) is 6.28. The molecule has 8 heteroatoms. The topological polar surface area (TPSA) is 88.4 Å². The number of anilines is 1. The van der Waals surface area contributed by atoms with E-state index in [1.165, 1.54) is 4.57 Å². The number of hydrogen-bond acceptors (Lipinski definition) is 5. The highest BCUT2D eigenvalue weighted by Crippen LogP contribution is 2.30. The van der Waals surface area contributed by atoms with Gasteiger partial charge in [-0.2, -0.15) is 0 Å². The van der Waals surface area contributed by atoms with Crippen molar-refractivity contribution in [2.45, 2.75) is 31.8 Å². The van der Waals surface area contributed by atoms with Crippen LogP contribution in [0.1, 0.15) is 25.8 Å². The van der Waals surface area contributed by atoms with Crippen molar-refractivity contribution in [3.63, 3.8) is 0 Å². The van der Waals surface area contributed by atoms with Crippen molar-refractivity contribution < 1.29 is 9.59 Å². The maximum absolute atomic E-state index is 12.9. The third-order valence-electron chi connectivity index (χ3n) is 5.31. The Morgan fingerprint density at radius 2 is 2.00 bits per heavy atom. The average Bonchev–Trinajstić information content (AvgIpc) is 2.87. The number of imidazole rings is 1. The molecule has 2 amide bonds. The van der Waals surface area contributed by atoms with Crippen LogP contribution in [0.2, 0.25) is 0 Å². The highest BCUT2D eigenvalue weighted by Gasteiger charge is 2.32. The van der Waals surface area contributed by atoms with Gasteiger partial charge < -0.3 is 10.2 Å². The van der Waals surface area contributed by atoms with E-state index >= 15 is 0 Å². The van der Waals surface area contributed by atoms with E-state index in [1.54, 1.807) is 11.6 Å². The molecule has 0 saturated carbocycles. The number of carbonyl (C=O) groups excluding carboxylic acids is 2. The Labute approximate surface area is 150 Å². The molecular formula is C18H23N5O3. The van der Waals surface area contributed by atoms with Crippen LogP contribution in [0.3, 0.4) is 0 Å². The number of para-hydroxylation sites is 1. The van der Waals surface area contributed by atoms with Crippen molar-refractivity contribution in [1.29, 1.82) is 0 Å². The summed E-state index contributed by atoms with van der Waals surface area (Å²) < 4.78 is 3.15. The summed E-state index contributed by atoms with van der Waals surface area (Å²) in [6, 6.07) is 5.53. The smallest absolute Gasteiger partial charge is 0.329 e. The summed E-state index contributed by atoms with van der Waals surface area (Å²) in [5.74, 6) is -0.688. The molecule has 0 spiro atoms. The number of aromatic nitrogens is 2. The van der Waals surface area contributed by atoms with Gasteiger partial charge in [-0.25, -0.2) is 4.79 Å². The van der Waals surface area contributed by atoms with E-state index in [0.29, 0.717) is 12.5 Å². The summed E-state index contributed by atoms with van der Waals surface area (Å²) in [6.07, 6.45) is 0.590. The maximum atomic E-state index is 12.9. The Kier molecular flexibility index (Phi) is 4.07. The quantitative estimate of drug-likeness (QED) is 0.745. The molecule has 138 valence electrons. The lowest BCUT2D eigenvalue weighted by atomic mass is 10.1. The van der Waals surface area contributed by atoms with Crippen LogP contribution in [0.15, 0.2) is 23.0 Å². The Hall–Kier alpha value is -2.61. The molecule has 2 aromatic rings. The van der Waals surface area contributed by atoms with Crippen molar-refractivity contribution in [1.82, 2.24) is 19.8 Å². The van der Waals surface area contributed by atoms with Gasteiger partial charge in [0.15, 0.2) is 0 Å². The monoisotopic (exact) mass is 357 g/mol. The number of hydrogen-bond donors (Lipinski definition) is 2. The predicted octanol–water partition coefficient (Wildman–Crippen LogP) is 0.116. The van der Waals surface area contributed by atoms with E-state index in [0.717, 1.165) is 36.4 Å². The van der Waals surface area contributed by atoms with E-state index in [1.807, 2.05) is 18.2 Å². The van der Waals surface area contributed by atoms with Gasteiger partial charge >= 0.3 is 5.69 Å². The van der Waals surface area contributed by atoms with Gasteiger partial charge in [0.1, 0.15) is 6.04 Å². The zero-order valence-electron chi connectivity index (χ0n) is 15.0. The first kappa shape index (κ1) is 16.8. The SMILES string of the molecule is C[C@@H]1CN(c2cccc3c2n(C)c(=O)n3C2CCC(=O)NC2=O)CCN1. The van der Waals surface area contributed by atoms with Crippen LogP contribution in [-0.2, 0) is 16.6 Å². The fourth-order valence-corrected chi connectivity index (χ4v) is 4.05. The first-order chi connectivity index (χ1) is 12.5. The molecule has 2 saturated heterocycles. The van der Waals surface area contributed by atoms with Gasteiger partial charge in [-0.15, -0.1) is 0 Å². The summed E-state index contributed by atoms with van der Waals surface area (Å²) in [5, 5.41) is 5.77. The van der Waals surface area contributed by atoms with Gasteiger partial charge in [0.2, 0.25) is 11.8 Å². The van der Waals surface area contributed by atoms with E-state index in [2.05, 4.69) is 22.5 Å². The Balaban J connectivity index is 1.85. The van der Waals surface area contributed by atoms with Crippen LogP contribution >= 0.6 is 0 Å². The van der Waals surface area contributed by atoms with Gasteiger partial charge in [0.05, 0.1) is 16.7 Å². The summed E-state index contributed by atoms with van der Waals surface area (Å²) in [5.41, 5.74) is 2.33. The maximum Gasteiger partial charge on any atom is 0.329 e. The molecule has 0 bridgehead atoms. The number of benzene rings is 1. The molecule has 8 nitrogen and oxygen atoms in total. The molecule has 2 atom stereocenters. The number of piperazine rings is 1. The second-order valence-electron chi connectivity index (χ2n) is 7.12. The van der Waals surface area contributed by atoms with E-state index < -0.39 is 11.9 Å². The summed E-state index contributed by atoms with van der Waals surface area (Å²) in [7, 11) is 1.74. The molecule has 2 N–H and O–H groups in total. The summed E-state index contributed by atoms with van der Waals surface area (Å²) in [4.78, 5) is 39.0. The molecule has 1 aromatic carbocycles. The lowest BCUT2D eigenvalue weighted by molar-refractivity contribution is -0.135. The lowest BCUT2D eigenvalue weighted by Gasteiger charge is -2.34. The highest BCUT2D eigenvalue weighted by atomic mass is 16.2. The number of nitrogens with zero attached hydrogens (tertiary/aromatic N) is 3. The first-order valence-electron chi connectivity index (χ1n) is 8.99. The van der Waals surface area contributed by atoms with Gasteiger partial charge in [-0.1, -0.05) is 6.07 Å². The molecule has 0 aliphatic carbocycles. The Morgan fingerprint density at radius 3 is 2.73 bits per heavy atom. The minimum Gasteiger partial charge on any atom is -0.367 e. The number of imide groups is 1. The van der Waals surface area contributed by atoms with Crippen LogP contribution in [-0.4, -0.2) is 46.6 Å². The third kappa shape index (κ3) is 2.61. The lowest BCUT2D eigenvalue weighted by Crippen LogP contribution is -2.49. The average molecular weight is 357 g/mol. The molecule has 2 aliphatic heterocycles. The number of carbonyl (C=O) groups is 2. The summed E-state index contributed by atoms with van der Waals surface area (Å²) in [6.45, 7) is 4.75. The second-order valence-corrected chi connectivity index (χ2v) is 7.12. The number of piperidine rings is 1. The van der Waals surface area contributed by atoms with E-state index in [4.69, 9.17) is 0 Å². The van der Waals surface area contributed by atoms with E-state index in [9.17, 15) is 14.4 Å². The van der Waals surface area contributed by atoms with E-state index in [-0.39, 0.29) is 18.0 Å². The molecule has 1 unspecified atom stereocenters. The van der Waals surface area contributed by atoms with Crippen LogP contribution in [0.4, 0.5) is 5.69 Å². The molecule has 1 aromatic heterocycles. The van der Waals surface area contributed by atoms with Gasteiger partial charge in [0, 0.05) is 39.1 Å². The van der Waals surface area contributed by atoms with Crippen LogP contribution in [0, 0.1) is 0 Å². The molecule has 2 aliphatic rings. The zero-order valence-corrected chi connectivity index (χ0v) is 15.0. The Morgan fingerprint density at radius 1 is 1.19 bits per heavy atom. The van der Waals surface area contributed by atoms with Crippen molar-refractivity contribution in [2.24, 2.45) is 7.05 Å². The molecular weight excluding hydrogens is 334 g/mol. The fraction of sp³-hybridized carbons (Fsp3) is 0.500. The largest absolute Gasteiger partial charge is 0.367 e. The Bertz CT molecular complexity index is 944. The highest BCUT2D eigenvalue weighted by molar-refractivity contribution is 6.00. The van der Waals surface area contributed by atoms with Gasteiger partial charge in [0.25, 0.3) is 0 Å². The summed E-state index contributed by atoms with van der Waals surface area (Å²) >= 11 is 0. The zero-order chi connectivity index (χ0) is 18.4. The number of amides is 2. The fourth-order valence-electron chi connectivity index (χ4n) is 4.05. The molecule has 0 radical (unpaired) electrons. The number of rotatable bonds is 2. The minimum atomic E-state index is -0.652. The van der Waals surface area contributed by atoms with Crippen LogP contribution in [0.25, 0.3) is 11.0 Å².